The average molecular weight is 780 g/mol. The highest BCUT2D eigenvalue weighted by Gasteiger charge is 2.24. The first-order valence-electron chi connectivity index (χ1n) is 24.8. The highest BCUT2D eigenvalue weighted by molar-refractivity contribution is 5.77. The zero-order valence-electron chi connectivity index (χ0n) is 37.3. The van der Waals surface area contributed by atoms with Gasteiger partial charge in [0.1, 0.15) is 6.10 Å². The van der Waals surface area contributed by atoms with Gasteiger partial charge in [-0.3, -0.25) is 9.59 Å². The zero-order valence-corrected chi connectivity index (χ0v) is 37.3. The quantitative estimate of drug-likeness (QED) is 0.0422. The Morgan fingerprint density at radius 3 is 1.11 bits per heavy atom. The Balaban J connectivity index is 4.50. The number of rotatable bonds is 45. The number of carbonyl (C=O) groups excluding carboxylic acids is 2. The molecule has 0 radical (unpaired) electrons. The molecule has 6 nitrogen and oxygen atoms in total. The van der Waals surface area contributed by atoms with Crippen LogP contribution >= 0.6 is 0 Å². The summed E-state index contributed by atoms with van der Waals surface area (Å²) in [4.78, 5) is 26.0. The van der Waals surface area contributed by atoms with E-state index in [0.717, 1.165) is 38.5 Å². The molecule has 0 rings (SSSR count). The molecule has 0 aromatic rings. The highest BCUT2D eigenvalue weighted by Crippen LogP contribution is 2.18. The number of unbranched alkanes of at least 4 members (excludes halogenated alkanes) is 33. The fourth-order valence-corrected chi connectivity index (χ4v) is 7.90. The Labute approximate surface area is 343 Å². The van der Waals surface area contributed by atoms with Gasteiger partial charge in [0, 0.05) is 6.42 Å². The second-order valence-electron chi connectivity index (χ2n) is 17.2. The largest absolute Gasteiger partial charge is 0.462 e. The van der Waals surface area contributed by atoms with E-state index in [4.69, 9.17) is 4.74 Å². The van der Waals surface area contributed by atoms with Gasteiger partial charge < -0.3 is 20.3 Å². The third-order valence-corrected chi connectivity index (χ3v) is 11.7. The van der Waals surface area contributed by atoms with Crippen molar-refractivity contribution in [3.05, 3.63) is 0 Å². The van der Waals surface area contributed by atoms with Crippen molar-refractivity contribution in [1.29, 1.82) is 0 Å². The van der Waals surface area contributed by atoms with Crippen molar-refractivity contribution in [2.75, 3.05) is 6.61 Å². The molecular weight excluding hydrogens is 683 g/mol. The summed E-state index contributed by atoms with van der Waals surface area (Å²) in [5, 5.41) is 23.7. The second kappa shape index (κ2) is 44.0. The fourth-order valence-electron chi connectivity index (χ4n) is 7.90. The molecule has 0 bridgehead atoms. The van der Waals surface area contributed by atoms with Gasteiger partial charge in [-0.15, -0.1) is 0 Å². The van der Waals surface area contributed by atoms with Gasteiger partial charge in [-0.05, 0) is 25.7 Å². The molecule has 0 aliphatic heterocycles. The first kappa shape index (κ1) is 53.9. The summed E-state index contributed by atoms with van der Waals surface area (Å²) in [6.07, 6.45) is 45.9. The molecule has 0 saturated carbocycles. The van der Waals surface area contributed by atoms with Crippen molar-refractivity contribution in [3.8, 4) is 0 Å². The Hall–Kier alpha value is -1.14. The van der Waals surface area contributed by atoms with Gasteiger partial charge >= 0.3 is 5.97 Å². The third-order valence-electron chi connectivity index (χ3n) is 11.7. The van der Waals surface area contributed by atoms with Crippen LogP contribution in [0.15, 0.2) is 0 Å². The van der Waals surface area contributed by atoms with Crippen LogP contribution in [0, 0.1) is 0 Å². The third kappa shape index (κ3) is 39.5. The molecule has 3 N–H and O–H groups in total. The minimum Gasteiger partial charge on any atom is -0.462 e. The van der Waals surface area contributed by atoms with Crippen molar-refractivity contribution < 1.29 is 24.5 Å². The minimum absolute atomic E-state index is 0.0872. The van der Waals surface area contributed by atoms with Crippen molar-refractivity contribution >= 4 is 11.9 Å². The van der Waals surface area contributed by atoms with E-state index in [1.165, 1.54) is 193 Å². The number of esters is 1. The standard InChI is InChI=1S/C49H97NO5/c1-4-7-10-13-16-19-22-23-24-27-30-33-36-39-42-49(54)55-45(40-37-34-31-28-25-20-17-14-11-8-5-2)43-48(53)50-46(44-51)47(52)41-38-35-32-29-26-21-18-15-12-9-6-3/h45-47,51-52H,4-44H2,1-3H3,(H,50,53). The number of aliphatic hydroxyl groups excluding tert-OH is 2. The Bertz CT molecular complexity index is 791. The van der Waals surface area contributed by atoms with Crippen LogP contribution in [0.1, 0.15) is 278 Å². The molecule has 3 atom stereocenters. The maximum atomic E-state index is 13.1. The van der Waals surface area contributed by atoms with Crippen LogP contribution in [0.5, 0.6) is 0 Å². The minimum atomic E-state index is -0.777. The van der Waals surface area contributed by atoms with Gasteiger partial charge in [0.05, 0.1) is 25.2 Å². The van der Waals surface area contributed by atoms with Crippen LogP contribution in [-0.2, 0) is 14.3 Å². The van der Waals surface area contributed by atoms with Crippen LogP contribution in [0.4, 0.5) is 0 Å². The normalized spacial score (nSPS) is 13.2. The Kier molecular flexibility index (Phi) is 43.1. The van der Waals surface area contributed by atoms with Gasteiger partial charge in [0.25, 0.3) is 0 Å². The predicted molar refractivity (Wildman–Crippen MR) is 237 cm³/mol. The number of hydrogen-bond donors (Lipinski definition) is 3. The number of aliphatic hydroxyl groups is 2. The van der Waals surface area contributed by atoms with Crippen LogP contribution in [0.3, 0.4) is 0 Å². The van der Waals surface area contributed by atoms with E-state index in [1.807, 2.05) is 0 Å². The van der Waals surface area contributed by atoms with Gasteiger partial charge in [-0.2, -0.15) is 0 Å². The number of amides is 1. The summed E-state index contributed by atoms with van der Waals surface area (Å²) in [5.41, 5.74) is 0. The van der Waals surface area contributed by atoms with Gasteiger partial charge in [-0.1, -0.05) is 239 Å². The van der Waals surface area contributed by atoms with E-state index in [0.29, 0.717) is 19.3 Å². The van der Waals surface area contributed by atoms with E-state index in [-0.39, 0.29) is 24.9 Å². The van der Waals surface area contributed by atoms with Crippen molar-refractivity contribution in [1.82, 2.24) is 5.32 Å². The molecule has 0 saturated heterocycles. The molecule has 0 fully saturated rings. The maximum Gasteiger partial charge on any atom is 0.306 e. The SMILES string of the molecule is CCCCCCCCCCCCCCCCC(=O)OC(CCCCCCCCCCCCC)CC(=O)NC(CO)C(O)CCCCCCCCCCCCC. The predicted octanol–water partition coefficient (Wildman–Crippen LogP) is 14.4. The maximum absolute atomic E-state index is 13.1. The van der Waals surface area contributed by atoms with E-state index >= 15 is 0 Å². The van der Waals surface area contributed by atoms with Crippen molar-refractivity contribution in [3.63, 3.8) is 0 Å². The molecule has 3 unspecified atom stereocenters. The molecule has 0 aromatic heterocycles. The molecule has 0 heterocycles. The molecule has 55 heavy (non-hydrogen) atoms. The molecule has 1 amide bonds. The van der Waals surface area contributed by atoms with Crippen LogP contribution in [-0.4, -0.2) is 46.9 Å². The molecule has 0 aliphatic rings. The molecule has 0 aromatic carbocycles. The summed E-state index contributed by atoms with van der Waals surface area (Å²) < 4.78 is 5.92. The molecule has 6 heteroatoms. The van der Waals surface area contributed by atoms with Gasteiger partial charge in [0.15, 0.2) is 0 Å². The Morgan fingerprint density at radius 2 is 0.764 bits per heavy atom. The summed E-state index contributed by atoms with van der Waals surface area (Å²) in [7, 11) is 0. The summed E-state index contributed by atoms with van der Waals surface area (Å²) in [6.45, 7) is 6.49. The van der Waals surface area contributed by atoms with E-state index in [9.17, 15) is 19.8 Å². The number of hydrogen-bond acceptors (Lipinski definition) is 5. The van der Waals surface area contributed by atoms with Crippen LogP contribution < -0.4 is 5.32 Å². The van der Waals surface area contributed by atoms with Crippen LogP contribution in [0.25, 0.3) is 0 Å². The average Bonchev–Trinajstić information content (AvgIpc) is 3.18. The highest BCUT2D eigenvalue weighted by atomic mass is 16.5. The first-order chi connectivity index (χ1) is 27.0. The topological polar surface area (TPSA) is 95.9 Å². The van der Waals surface area contributed by atoms with Crippen molar-refractivity contribution in [2.24, 2.45) is 0 Å². The number of ether oxygens (including phenoxy) is 1. The van der Waals surface area contributed by atoms with Crippen LogP contribution in [0.2, 0.25) is 0 Å². The second-order valence-corrected chi connectivity index (χ2v) is 17.2. The van der Waals surface area contributed by atoms with Crippen molar-refractivity contribution in [2.45, 2.75) is 296 Å². The molecular formula is C49H97NO5. The van der Waals surface area contributed by atoms with E-state index < -0.39 is 18.2 Å². The lowest BCUT2D eigenvalue weighted by atomic mass is 10.0. The van der Waals surface area contributed by atoms with Gasteiger partial charge in [-0.25, -0.2) is 0 Å². The van der Waals surface area contributed by atoms with Gasteiger partial charge in [0.2, 0.25) is 5.91 Å². The molecule has 328 valence electrons. The summed E-state index contributed by atoms with van der Waals surface area (Å²) >= 11 is 0. The number of carbonyl (C=O) groups is 2. The molecule has 0 spiro atoms. The fraction of sp³-hybridized carbons (Fsp3) is 0.959. The first-order valence-corrected chi connectivity index (χ1v) is 24.8. The lowest BCUT2D eigenvalue weighted by Crippen LogP contribution is -2.46. The molecule has 0 aliphatic carbocycles. The smallest absolute Gasteiger partial charge is 0.306 e. The van der Waals surface area contributed by atoms with E-state index in [2.05, 4.69) is 26.1 Å². The lowest BCUT2D eigenvalue weighted by Gasteiger charge is -2.24. The van der Waals surface area contributed by atoms with E-state index in [1.54, 1.807) is 0 Å². The number of nitrogens with one attached hydrogen (secondary N) is 1. The monoisotopic (exact) mass is 780 g/mol. The summed E-state index contributed by atoms with van der Waals surface area (Å²) in [5.74, 6) is -0.454. The Morgan fingerprint density at radius 1 is 0.455 bits per heavy atom. The zero-order chi connectivity index (χ0) is 40.3. The lowest BCUT2D eigenvalue weighted by molar-refractivity contribution is -0.151. The summed E-state index contributed by atoms with van der Waals surface area (Å²) in [6, 6.07) is -0.690.